The second-order valence-corrected chi connectivity index (χ2v) is 4.88. The Kier molecular flexibility index (Phi) is 5.44. The Morgan fingerprint density at radius 3 is 2.72 bits per heavy atom. The smallest absolute Gasteiger partial charge is 0.237 e. The molecule has 1 unspecified atom stereocenters. The predicted octanol–water partition coefficient (Wildman–Crippen LogP) is 1.95. The SMILES string of the molecule is COc1ccc(Cl)cc1CNC(=O)C(N)C(C)C. The van der Waals surface area contributed by atoms with Crippen LogP contribution in [0.2, 0.25) is 5.02 Å². The molecule has 100 valence electrons. The van der Waals surface area contributed by atoms with Crippen LogP contribution < -0.4 is 15.8 Å². The van der Waals surface area contributed by atoms with Crippen molar-refractivity contribution in [2.45, 2.75) is 26.4 Å². The van der Waals surface area contributed by atoms with Crippen molar-refractivity contribution in [3.8, 4) is 5.75 Å². The number of methoxy groups -OCH3 is 1. The molecule has 0 radical (unpaired) electrons. The van der Waals surface area contributed by atoms with E-state index < -0.39 is 6.04 Å². The van der Waals surface area contributed by atoms with Gasteiger partial charge in [0.2, 0.25) is 5.91 Å². The van der Waals surface area contributed by atoms with Crippen LogP contribution in [0, 0.1) is 5.92 Å². The van der Waals surface area contributed by atoms with Crippen LogP contribution in [0.15, 0.2) is 18.2 Å². The quantitative estimate of drug-likeness (QED) is 0.860. The van der Waals surface area contributed by atoms with E-state index in [1.165, 1.54) is 0 Å². The van der Waals surface area contributed by atoms with E-state index in [1.807, 2.05) is 13.8 Å². The molecule has 0 aliphatic rings. The summed E-state index contributed by atoms with van der Waals surface area (Å²) >= 11 is 5.91. The zero-order valence-electron chi connectivity index (χ0n) is 10.9. The topological polar surface area (TPSA) is 64.3 Å². The fourth-order valence-corrected chi connectivity index (χ4v) is 1.68. The number of nitrogens with one attached hydrogen (secondary N) is 1. The van der Waals surface area contributed by atoms with Crippen LogP contribution in [0.1, 0.15) is 19.4 Å². The van der Waals surface area contributed by atoms with E-state index in [-0.39, 0.29) is 11.8 Å². The molecule has 1 atom stereocenters. The lowest BCUT2D eigenvalue weighted by atomic mass is 10.0. The van der Waals surface area contributed by atoms with Gasteiger partial charge in [0.05, 0.1) is 13.2 Å². The van der Waals surface area contributed by atoms with E-state index in [0.29, 0.717) is 17.3 Å². The zero-order chi connectivity index (χ0) is 13.7. The first-order chi connectivity index (χ1) is 8.45. The van der Waals surface area contributed by atoms with Crippen LogP contribution in [0.5, 0.6) is 5.75 Å². The first-order valence-electron chi connectivity index (χ1n) is 5.81. The van der Waals surface area contributed by atoms with Crippen LogP contribution in [0.3, 0.4) is 0 Å². The largest absolute Gasteiger partial charge is 0.496 e. The maximum atomic E-state index is 11.7. The number of nitrogens with two attached hydrogens (primary N) is 1. The van der Waals surface area contributed by atoms with Crippen molar-refractivity contribution in [3.63, 3.8) is 0 Å². The van der Waals surface area contributed by atoms with E-state index in [2.05, 4.69) is 5.32 Å². The maximum absolute atomic E-state index is 11.7. The molecule has 0 aromatic heterocycles. The third kappa shape index (κ3) is 3.89. The van der Waals surface area contributed by atoms with E-state index in [1.54, 1.807) is 25.3 Å². The summed E-state index contributed by atoms with van der Waals surface area (Å²) in [5.41, 5.74) is 6.58. The summed E-state index contributed by atoms with van der Waals surface area (Å²) in [6, 6.07) is 4.77. The molecule has 0 saturated carbocycles. The molecule has 5 heteroatoms. The molecule has 1 amide bonds. The van der Waals surface area contributed by atoms with Crippen molar-refractivity contribution in [2.75, 3.05) is 7.11 Å². The van der Waals surface area contributed by atoms with E-state index >= 15 is 0 Å². The molecule has 0 heterocycles. The Hall–Kier alpha value is -1.26. The zero-order valence-corrected chi connectivity index (χ0v) is 11.6. The van der Waals surface area contributed by atoms with Gasteiger partial charge in [0.25, 0.3) is 0 Å². The molecule has 3 N–H and O–H groups in total. The van der Waals surface area contributed by atoms with Crippen molar-refractivity contribution < 1.29 is 9.53 Å². The summed E-state index contributed by atoms with van der Waals surface area (Å²) in [4.78, 5) is 11.7. The Morgan fingerprint density at radius 2 is 2.17 bits per heavy atom. The lowest BCUT2D eigenvalue weighted by molar-refractivity contribution is -0.123. The number of ether oxygens (including phenoxy) is 1. The van der Waals surface area contributed by atoms with E-state index in [9.17, 15) is 4.79 Å². The molecule has 0 bridgehead atoms. The molecule has 0 aliphatic carbocycles. The minimum Gasteiger partial charge on any atom is -0.496 e. The number of amides is 1. The molecule has 18 heavy (non-hydrogen) atoms. The van der Waals surface area contributed by atoms with Crippen molar-refractivity contribution in [1.82, 2.24) is 5.32 Å². The molecule has 0 saturated heterocycles. The van der Waals surface area contributed by atoms with Gasteiger partial charge < -0.3 is 15.8 Å². The minimum absolute atomic E-state index is 0.103. The number of carbonyl (C=O) groups is 1. The summed E-state index contributed by atoms with van der Waals surface area (Å²) < 4.78 is 5.20. The van der Waals surface area contributed by atoms with Crippen LogP contribution in [-0.2, 0) is 11.3 Å². The molecule has 4 nitrogen and oxygen atoms in total. The van der Waals surface area contributed by atoms with E-state index in [0.717, 1.165) is 5.56 Å². The third-order valence-corrected chi connectivity index (χ3v) is 2.95. The normalized spacial score (nSPS) is 12.3. The van der Waals surface area contributed by atoms with Crippen LogP contribution in [-0.4, -0.2) is 19.1 Å². The van der Waals surface area contributed by atoms with Gasteiger partial charge in [0.15, 0.2) is 0 Å². The summed E-state index contributed by atoms with van der Waals surface area (Å²) in [5.74, 6) is 0.621. The molecule has 0 aliphatic heterocycles. The third-order valence-electron chi connectivity index (χ3n) is 2.72. The van der Waals surface area contributed by atoms with Gasteiger partial charge in [-0.15, -0.1) is 0 Å². The Balaban J connectivity index is 2.68. The van der Waals surface area contributed by atoms with Gasteiger partial charge in [-0.2, -0.15) is 0 Å². The molecule has 1 aromatic carbocycles. The van der Waals surface area contributed by atoms with Crippen molar-refractivity contribution >= 4 is 17.5 Å². The number of rotatable bonds is 5. The second-order valence-electron chi connectivity index (χ2n) is 4.44. The molecule has 0 fully saturated rings. The maximum Gasteiger partial charge on any atom is 0.237 e. The van der Waals surface area contributed by atoms with Crippen molar-refractivity contribution in [3.05, 3.63) is 28.8 Å². The number of carbonyl (C=O) groups excluding carboxylic acids is 1. The van der Waals surface area contributed by atoms with Gasteiger partial charge in [0, 0.05) is 17.1 Å². The van der Waals surface area contributed by atoms with Gasteiger partial charge in [-0.05, 0) is 24.1 Å². The summed E-state index contributed by atoms with van der Waals surface area (Å²) in [6.45, 7) is 4.16. The first-order valence-corrected chi connectivity index (χ1v) is 6.19. The highest BCUT2D eigenvalue weighted by Crippen LogP contribution is 2.22. The average Bonchev–Trinajstić information content (AvgIpc) is 2.35. The Bertz CT molecular complexity index is 421. The van der Waals surface area contributed by atoms with Gasteiger partial charge in [0.1, 0.15) is 5.75 Å². The molecule has 0 spiro atoms. The van der Waals surface area contributed by atoms with Gasteiger partial charge in [-0.25, -0.2) is 0 Å². The Labute approximate surface area is 112 Å². The standard InChI is InChI=1S/C13H19ClN2O2/c1-8(2)12(15)13(17)16-7-9-6-10(14)4-5-11(9)18-3/h4-6,8,12H,7,15H2,1-3H3,(H,16,17). The molecule has 1 rings (SSSR count). The van der Waals surface area contributed by atoms with Crippen LogP contribution in [0.25, 0.3) is 0 Å². The number of hydrogen-bond acceptors (Lipinski definition) is 3. The monoisotopic (exact) mass is 270 g/mol. The molecular weight excluding hydrogens is 252 g/mol. The van der Waals surface area contributed by atoms with Gasteiger partial charge in [-0.3, -0.25) is 4.79 Å². The number of benzene rings is 1. The van der Waals surface area contributed by atoms with Gasteiger partial charge >= 0.3 is 0 Å². The van der Waals surface area contributed by atoms with Gasteiger partial charge in [-0.1, -0.05) is 25.4 Å². The highest BCUT2D eigenvalue weighted by atomic mass is 35.5. The minimum atomic E-state index is -0.504. The fourth-order valence-electron chi connectivity index (χ4n) is 1.49. The molecule has 1 aromatic rings. The van der Waals surface area contributed by atoms with Crippen molar-refractivity contribution in [1.29, 1.82) is 0 Å². The highest BCUT2D eigenvalue weighted by molar-refractivity contribution is 6.30. The summed E-state index contributed by atoms with van der Waals surface area (Å²) in [6.07, 6.45) is 0. The summed E-state index contributed by atoms with van der Waals surface area (Å²) in [5, 5.41) is 3.38. The van der Waals surface area contributed by atoms with Crippen LogP contribution >= 0.6 is 11.6 Å². The Morgan fingerprint density at radius 1 is 1.50 bits per heavy atom. The fraction of sp³-hybridized carbons (Fsp3) is 0.462. The second kappa shape index (κ2) is 6.61. The highest BCUT2D eigenvalue weighted by Gasteiger charge is 2.17. The number of halogens is 1. The van der Waals surface area contributed by atoms with Crippen molar-refractivity contribution in [2.24, 2.45) is 11.7 Å². The lowest BCUT2D eigenvalue weighted by Gasteiger charge is -2.16. The number of hydrogen-bond donors (Lipinski definition) is 2. The predicted molar refractivity (Wildman–Crippen MR) is 72.7 cm³/mol. The summed E-state index contributed by atoms with van der Waals surface area (Å²) in [7, 11) is 1.58. The lowest BCUT2D eigenvalue weighted by Crippen LogP contribution is -2.43. The van der Waals surface area contributed by atoms with Crippen LogP contribution in [0.4, 0.5) is 0 Å². The average molecular weight is 271 g/mol. The first kappa shape index (κ1) is 14.8. The van der Waals surface area contributed by atoms with E-state index in [4.69, 9.17) is 22.1 Å². The molecular formula is C13H19ClN2O2.